The van der Waals surface area contributed by atoms with Gasteiger partial charge in [-0.2, -0.15) is 5.10 Å². The minimum Gasteiger partial charge on any atom is -0.465 e. The Bertz CT molecular complexity index is 747. The molecule has 0 fully saturated rings. The van der Waals surface area contributed by atoms with Crippen molar-refractivity contribution in [2.24, 2.45) is 7.05 Å². The van der Waals surface area contributed by atoms with Crippen molar-refractivity contribution < 1.29 is 9.90 Å². The first-order valence-electron chi connectivity index (χ1n) is 8.08. The molecule has 4 N–H and O–H groups in total. The molecule has 0 saturated carbocycles. The van der Waals surface area contributed by atoms with Crippen LogP contribution in [0.1, 0.15) is 38.2 Å². The summed E-state index contributed by atoms with van der Waals surface area (Å²) in [6.07, 6.45) is 7.32. The summed E-state index contributed by atoms with van der Waals surface area (Å²) >= 11 is 0. The topological polar surface area (TPSA) is 106 Å². The van der Waals surface area contributed by atoms with Gasteiger partial charge < -0.3 is 16.2 Å². The molecular formula is C18H25N5O2. The van der Waals surface area contributed by atoms with Crippen LogP contribution in [0.15, 0.2) is 37.3 Å². The van der Waals surface area contributed by atoms with Crippen LogP contribution in [-0.2, 0) is 7.05 Å². The number of nitrogen functional groups attached to an aromatic ring is 1. The van der Waals surface area contributed by atoms with Gasteiger partial charge in [0.2, 0.25) is 0 Å². The minimum atomic E-state index is -1.03. The van der Waals surface area contributed by atoms with E-state index in [4.69, 9.17) is 10.8 Å². The van der Waals surface area contributed by atoms with Gasteiger partial charge in [0.1, 0.15) is 0 Å². The molecule has 1 atom stereocenters. The standard InChI is InChI=1S/C18H25N5O2/c1-5-6-12(8-18(2,3)22-17(24)25)13-7-14(10-20-9-13)16-15(19)11-21-23(16)4/h5,7,9-12,22H,1,6,8,19H2,2-4H3,(H,24,25)/t12-/m0/s1. The molecule has 0 radical (unpaired) electrons. The van der Waals surface area contributed by atoms with Gasteiger partial charge in [-0.15, -0.1) is 6.58 Å². The van der Waals surface area contributed by atoms with E-state index in [9.17, 15) is 4.79 Å². The van der Waals surface area contributed by atoms with Gasteiger partial charge in [-0.25, -0.2) is 4.79 Å². The fourth-order valence-corrected chi connectivity index (χ4v) is 3.11. The number of nitrogens with two attached hydrogens (primary N) is 1. The van der Waals surface area contributed by atoms with Crippen molar-refractivity contribution in [3.05, 3.63) is 42.9 Å². The van der Waals surface area contributed by atoms with Crippen LogP contribution in [0.5, 0.6) is 0 Å². The molecular weight excluding hydrogens is 318 g/mol. The summed E-state index contributed by atoms with van der Waals surface area (Å²) in [6, 6.07) is 2.03. The zero-order valence-corrected chi connectivity index (χ0v) is 14.9. The van der Waals surface area contributed by atoms with Gasteiger partial charge in [-0.3, -0.25) is 9.67 Å². The van der Waals surface area contributed by atoms with Gasteiger partial charge in [-0.05, 0) is 44.2 Å². The van der Waals surface area contributed by atoms with Crippen LogP contribution in [0.4, 0.5) is 10.5 Å². The first-order chi connectivity index (χ1) is 11.7. The number of hydrogen-bond donors (Lipinski definition) is 3. The molecule has 0 aliphatic heterocycles. The van der Waals surface area contributed by atoms with Crippen LogP contribution >= 0.6 is 0 Å². The van der Waals surface area contributed by atoms with E-state index in [1.807, 2.05) is 33.0 Å². The number of anilines is 1. The molecule has 0 aliphatic carbocycles. The number of nitrogens with zero attached hydrogens (tertiary/aromatic N) is 3. The summed E-state index contributed by atoms with van der Waals surface area (Å²) in [5.41, 5.74) is 8.75. The number of nitrogens with one attached hydrogen (secondary N) is 1. The second kappa shape index (κ2) is 7.38. The predicted octanol–water partition coefficient (Wildman–Crippen LogP) is 3.16. The lowest BCUT2D eigenvalue weighted by Crippen LogP contribution is -2.43. The summed E-state index contributed by atoms with van der Waals surface area (Å²) in [4.78, 5) is 15.4. The van der Waals surface area contributed by atoms with E-state index in [1.54, 1.807) is 23.3 Å². The Morgan fingerprint density at radius 3 is 2.76 bits per heavy atom. The molecule has 0 bridgehead atoms. The van der Waals surface area contributed by atoms with Gasteiger partial charge in [0.15, 0.2) is 0 Å². The SMILES string of the molecule is C=CC[C@@H](CC(C)(C)NC(=O)O)c1cncc(-c2c(N)cnn2C)c1. The van der Waals surface area contributed by atoms with Crippen molar-refractivity contribution in [3.8, 4) is 11.3 Å². The highest BCUT2D eigenvalue weighted by Gasteiger charge is 2.26. The lowest BCUT2D eigenvalue weighted by atomic mass is 9.84. The maximum atomic E-state index is 11.0. The highest BCUT2D eigenvalue weighted by atomic mass is 16.4. The molecule has 25 heavy (non-hydrogen) atoms. The van der Waals surface area contributed by atoms with E-state index in [-0.39, 0.29) is 5.92 Å². The van der Waals surface area contributed by atoms with E-state index in [1.165, 1.54) is 0 Å². The summed E-state index contributed by atoms with van der Waals surface area (Å²) in [5, 5.41) is 15.8. The van der Waals surface area contributed by atoms with Crippen LogP contribution in [0.25, 0.3) is 11.3 Å². The molecule has 0 aromatic carbocycles. The second-order valence-corrected chi connectivity index (χ2v) is 6.82. The zero-order valence-electron chi connectivity index (χ0n) is 14.9. The highest BCUT2D eigenvalue weighted by molar-refractivity contribution is 5.72. The van der Waals surface area contributed by atoms with Crippen molar-refractivity contribution in [2.75, 3.05) is 5.73 Å². The number of carboxylic acid groups (broad SMARTS) is 1. The number of pyridine rings is 1. The highest BCUT2D eigenvalue weighted by Crippen LogP contribution is 2.32. The third-order valence-corrected chi connectivity index (χ3v) is 4.12. The maximum Gasteiger partial charge on any atom is 0.405 e. The number of aromatic nitrogens is 3. The molecule has 0 spiro atoms. The Hall–Kier alpha value is -2.83. The quantitative estimate of drug-likeness (QED) is 0.670. The van der Waals surface area contributed by atoms with Crippen LogP contribution < -0.4 is 11.1 Å². The third-order valence-electron chi connectivity index (χ3n) is 4.12. The van der Waals surface area contributed by atoms with Gasteiger partial charge in [0.05, 0.1) is 17.6 Å². The largest absolute Gasteiger partial charge is 0.465 e. The molecule has 134 valence electrons. The number of amides is 1. The fraction of sp³-hybridized carbons (Fsp3) is 0.389. The van der Waals surface area contributed by atoms with Crippen LogP contribution in [0.3, 0.4) is 0 Å². The number of rotatable bonds is 7. The first kappa shape index (κ1) is 18.5. The fourth-order valence-electron chi connectivity index (χ4n) is 3.11. The second-order valence-electron chi connectivity index (χ2n) is 6.82. The summed E-state index contributed by atoms with van der Waals surface area (Å²) in [6.45, 7) is 7.56. The maximum absolute atomic E-state index is 11.0. The van der Waals surface area contributed by atoms with Crippen LogP contribution in [0, 0.1) is 0 Å². The lowest BCUT2D eigenvalue weighted by molar-refractivity contribution is 0.179. The van der Waals surface area contributed by atoms with Crippen molar-refractivity contribution in [3.63, 3.8) is 0 Å². The molecule has 0 saturated heterocycles. The summed E-state index contributed by atoms with van der Waals surface area (Å²) in [7, 11) is 1.83. The molecule has 2 rings (SSSR count). The summed E-state index contributed by atoms with van der Waals surface area (Å²) < 4.78 is 1.72. The molecule has 2 heterocycles. The lowest BCUT2D eigenvalue weighted by Gasteiger charge is -2.29. The van der Waals surface area contributed by atoms with E-state index in [2.05, 4.69) is 22.0 Å². The van der Waals surface area contributed by atoms with Crippen molar-refractivity contribution >= 4 is 11.8 Å². The molecule has 0 unspecified atom stereocenters. The predicted molar refractivity (Wildman–Crippen MR) is 98.3 cm³/mol. The van der Waals surface area contributed by atoms with Crippen molar-refractivity contribution in [2.45, 2.75) is 38.1 Å². The molecule has 0 aliphatic rings. The zero-order chi connectivity index (χ0) is 18.6. The van der Waals surface area contributed by atoms with Gasteiger partial charge in [-0.1, -0.05) is 6.08 Å². The molecule has 7 nitrogen and oxygen atoms in total. The van der Waals surface area contributed by atoms with Crippen molar-refractivity contribution in [1.82, 2.24) is 20.1 Å². The Kier molecular flexibility index (Phi) is 5.46. The van der Waals surface area contributed by atoms with E-state index >= 15 is 0 Å². The monoisotopic (exact) mass is 343 g/mol. The smallest absolute Gasteiger partial charge is 0.405 e. The molecule has 2 aromatic heterocycles. The molecule has 7 heteroatoms. The Morgan fingerprint density at radius 1 is 1.48 bits per heavy atom. The minimum absolute atomic E-state index is 0.0845. The number of allylic oxidation sites excluding steroid dienone is 1. The van der Waals surface area contributed by atoms with Crippen molar-refractivity contribution in [1.29, 1.82) is 0 Å². The van der Waals surface area contributed by atoms with E-state index in [0.29, 0.717) is 12.1 Å². The van der Waals surface area contributed by atoms with E-state index in [0.717, 1.165) is 23.2 Å². The van der Waals surface area contributed by atoms with E-state index < -0.39 is 11.6 Å². The first-order valence-corrected chi connectivity index (χ1v) is 8.08. The average molecular weight is 343 g/mol. The summed E-state index contributed by atoms with van der Waals surface area (Å²) in [5.74, 6) is 0.0845. The Labute approximate surface area is 147 Å². The number of carbonyl (C=O) groups is 1. The van der Waals surface area contributed by atoms with Gasteiger partial charge in [0, 0.05) is 30.5 Å². The normalized spacial score (nSPS) is 12.6. The number of aryl methyl sites for hydroxylation is 1. The Morgan fingerprint density at radius 2 is 2.20 bits per heavy atom. The number of hydrogen-bond acceptors (Lipinski definition) is 4. The molecule has 2 aromatic rings. The third kappa shape index (κ3) is 4.59. The average Bonchev–Trinajstić information content (AvgIpc) is 2.84. The van der Waals surface area contributed by atoms with Crippen LogP contribution in [-0.4, -0.2) is 31.5 Å². The van der Waals surface area contributed by atoms with Gasteiger partial charge >= 0.3 is 6.09 Å². The van der Waals surface area contributed by atoms with Gasteiger partial charge in [0.25, 0.3) is 0 Å². The molecule has 1 amide bonds. The van der Waals surface area contributed by atoms with Crippen LogP contribution in [0.2, 0.25) is 0 Å². The Balaban J connectivity index is 2.35.